The van der Waals surface area contributed by atoms with Gasteiger partial charge in [-0.15, -0.1) is 6.58 Å². The van der Waals surface area contributed by atoms with Crippen LogP contribution in [0.15, 0.2) is 79.6 Å². The second kappa shape index (κ2) is 9.78. The van der Waals surface area contributed by atoms with E-state index in [-0.39, 0.29) is 29.8 Å². The first-order valence-electron chi connectivity index (χ1n) is 9.11. The Morgan fingerprint density at radius 3 is 2.13 bits per heavy atom. The van der Waals surface area contributed by atoms with E-state index in [1.807, 2.05) is 60.7 Å². The molecular weight excluding hydrogens is 384 g/mol. The van der Waals surface area contributed by atoms with E-state index < -0.39 is 10.8 Å². The number of nitrogens with one attached hydrogen (secondary N) is 3. The molecule has 3 rings (SSSR count). The highest BCUT2D eigenvalue weighted by atomic mass is 16.6. The summed E-state index contributed by atoms with van der Waals surface area (Å²) in [6.07, 6.45) is 2.71. The van der Waals surface area contributed by atoms with Crippen LogP contribution >= 0.6 is 0 Å². The average molecular weight is 404 g/mol. The standard InChI is InChI=1S/C21H20N6O3/c1-2-13-22-19-18(27(29)30)20(24-14-23-19)25-26-21(28)17(15-9-5-3-6-10-15)16-11-7-4-8-12-16/h2-12,14,17H,1,13H2,(H,26,28)(H2,22,23,24,25). The number of nitro groups is 1. The minimum atomic E-state index is -0.619. The molecular formula is C21H20N6O3. The van der Waals surface area contributed by atoms with Crippen molar-refractivity contribution in [3.8, 4) is 0 Å². The quantitative estimate of drug-likeness (QED) is 0.284. The number of carbonyl (C=O) groups excluding carboxylic acids is 1. The number of rotatable bonds is 9. The molecule has 0 unspecified atom stereocenters. The van der Waals surface area contributed by atoms with Crippen molar-refractivity contribution in [2.24, 2.45) is 0 Å². The normalized spacial score (nSPS) is 10.3. The molecule has 9 heteroatoms. The Hall–Kier alpha value is -4.27. The number of nitrogens with zero attached hydrogens (tertiary/aromatic N) is 3. The summed E-state index contributed by atoms with van der Waals surface area (Å²) in [6, 6.07) is 18.5. The Morgan fingerprint density at radius 2 is 1.60 bits per heavy atom. The van der Waals surface area contributed by atoms with Gasteiger partial charge in [0.1, 0.15) is 6.33 Å². The smallest absolute Gasteiger partial charge is 0.354 e. The van der Waals surface area contributed by atoms with E-state index in [1.165, 1.54) is 6.33 Å². The van der Waals surface area contributed by atoms with E-state index in [2.05, 4.69) is 32.7 Å². The highest BCUT2D eigenvalue weighted by molar-refractivity contribution is 5.88. The summed E-state index contributed by atoms with van der Waals surface area (Å²) in [4.78, 5) is 31.7. The third-order valence-electron chi connectivity index (χ3n) is 4.25. The molecule has 0 aliphatic carbocycles. The third-order valence-corrected chi connectivity index (χ3v) is 4.25. The lowest BCUT2D eigenvalue weighted by atomic mass is 9.91. The van der Waals surface area contributed by atoms with E-state index >= 15 is 0 Å². The van der Waals surface area contributed by atoms with E-state index in [0.717, 1.165) is 11.1 Å². The van der Waals surface area contributed by atoms with Gasteiger partial charge in [-0.05, 0) is 11.1 Å². The molecule has 1 heterocycles. The number of benzene rings is 2. The van der Waals surface area contributed by atoms with Gasteiger partial charge in [0, 0.05) is 6.54 Å². The maximum Gasteiger partial charge on any atom is 0.354 e. The van der Waals surface area contributed by atoms with Crippen molar-refractivity contribution >= 4 is 23.2 Å². The SMILES string of the molecule is C=CCNc1ncnc(NNC(=O)C(c2ccccc2)c2ccccc2)c1[N+](=O)[O-]. The Balaban J connectivity index is 1.86. The molecule has 1 aromatic heterocycles. The van der Waals surface area contributed by atoms with Gasteiger partial charge in [0.15, 0.2) is 0 Å². The Labute approximate surface area is 173 Å². The van der Waals surface area contributed by atoms with E-state index in [1.54, 1.807) is 6.08 Å². The third kappa shape index (κ3) is 4.76. The first kappa shape index (κ1) is 20.5. The Bertz CT molecular complexity index is 988. The van der Waals surface area contributed by atoms with E-state index in [4.69, 9.17) is 0 Å². The summed E-state index contributed by atoms with van der Waals surface area (Å²) in [6.45, 7) is 3.85. The molecule has 9 nitrogen and oxygen atoms in total. The molecule has 0 aliphatic heterocycles. The van der Waals surface area contributed by atoms with Gasteiger partial charge >= 0.3 is 5.69 Å². The van der Waals surface area contributed by atoms with Crippen LogP contribution in [0, 0.1) is 10.1 Å². The lowest BCUT2D eigenvalue weighted by Crippen LogP contribution is -2.35. The van der Waals surface area contributed by atoms with Crippen molar-refractivity contribution in [1.29, 1.82) is 0 Å². The summed E-state index contributed by atoms with van der Waals surface area (Å²) in [5.41, 5.74) is 6.31. The second-order valence-corrected chi connectivity index (χ2v) is 6.21. The molecule has 0 aliphatic rings. The largest absolute Gasteiger partial charge is 0.361 e. The first-order valence-corrected chi connectivity index (χ1v) is 9.11. The van der Waals surface area contributed by atoms with E-state index in [0.29, 0.717) is 0 Å². The number of hydrazine groups is 1. The molecule has 30 heavy (non-hydrogen) atoms. The minimum Gasteiger partial charge on any atom is -0.361 e. The van der Waals surface area contributed by atoms with Crippen LogP contribution in [0.5, 0.6) is 0 Å². The van der Waals surface area contributed by atoms with Gasteiger partial charge < -0.3 is 5.32 Å². The van der Waals surface area contributed by atoms with Crippen molar-refractivity contribution in [3.63, 3.8) is 0 Å². The molecule has 3 aromatic rings. The van der Waals surface area contributed by atoms with Gasteiger partial charge in [-0.1, -0.05) is 66.7 Å². The van der Waals surface area contributed by atoms with Crippen LogP contribution in [0.4, 0.5) is 17.3 Å². The van der Waals surface area contributed by atoms with E-state index in [9.17, 15) is 14.9 Å². The molecule has 0 saturated carbocycles. The summed E-state index contributed by atoms with van der Waals surface area (Å²) in [5.74, 6) is -1.11. The fourth-order valence-corrected chi connectivity index (χ4v) is 2.92. The number of aromatic nitrogens is 2. The van der Waals surface area contributed by atoms with Crippen LogP contribution in [-0.2, 0) is 4.79 Å². The van der Waals surface area contributed by atoms with Crippen LogP contribution in [0.1, 0.15) is 17.0 Å². The molecule has 0 atom stereocenters. The van der Waals surface area contributed by atoms with Gasteiger partial charge in [0.25, 0.3) is 0 Å². The van der Waals surface area contributed by atoms with Gasteiger partial charge in [-0.3, -0.25) is 25.8 Å². The molecule has 3 N–H and O–H groups in total. The minimum absolute atomic E-state index is 0.0225. The van der Waals surface area contributed by atoms with Crippen LogP contribution in [-0.4, -0.2) is 27.3 Å². The average Bonchev–Trinajstić information content (AvgIpc) is 2.77. The van der Waals surface area contributed by atoms with Gasteiger partial charge in [0.2, 0.25) is 17.5 Å². The van der Waals surface area contributed by atoms with Gasteiger partial charge in [0.05, 0.1) is 10.8 Å². The maximum atomic E-state index is 13.0. The number of hydrogen-bond donors (Lipinski definition) is 3. The van der Waals surface area contributed by atoms with Crippen LogP contribution < -0.4 is 16.2 Å². The predicted octanol–water partition coefficient (Wildman–Crippen LogP) is 3.26. The number of carbonyl (C=O) groups is 1. The number of hydrogen-bond acceptors (Lipinski definition) is 7. The van der Waals surface area contributed by atoms with Crippen LogP contribution in [0.2, 0.25) is 0 Å². The fraction of sp³-hybridized carbons (Fsp3) is 0.0952. The summed E-state index contributed by atoms with van der Waals surface area (Å²) in [5, 5.41) is 14.3. The molecule has 2 aromatic carbocycles. The van der Waals surface area contributed by atoms with Crippen molar-refractivity contribution in [2.45, 2.75) is 5.92 Å². The van der Waals surface area contributed by atoms with Crippen molar-refractivity contribution in [3.05, 3.63) is 101 Å². The fourth-order valence-electron chi connectivity index (χ4n) is 2.92. The first-order chi connectivity index (χ1) is 14.6. The monoisotopic (exact) mass is 404 g/mol. The molecule has 0 spiro atoms. The Morgan fingerprint density at radius 1 is 1.03 bits per heavy atom. The van der Waals surface area contributed by atoms with Gasteiger partial charge in [-0.2, -0.15) is 0 Å². The lowest BCUT2D eigenvalue weighted by molar-refractivity contribution is -0.383. The zero-order chi connectivity index (χ0) is 21.3. The van der Waals surface area contributed by atoms with Crippen LogP contribution in [0.3, 0.4) is 0 Å². The maximum absolute atomic E-state index is 13.0. The number of anilines is 2. The molecule has 0 saturated heterocycles. The lowest BCUT2D eigenvalue weighted by Gasteiger charge is -2.18. The van der Waals surface area contributed by atoms with Crippen LogP contribution in [0.25, 0.3) is 0 Å². The molecule has 0 fully saturated rings. The summed E-state index contributed by atoms with van der Waals surface area (Å²) in [7, 11) is 0. The Kier molecular flexibility index (Phi) is 6.67. The van der Waals surface area contributed by atoms with Crippen molar-refractivity contribution in [2.75, 3.05) is 17.3 Å². The molecule has 1 amide bonds. The topological polar surface area (TPSA) is 122 Å². The highest BCUT2D eigenvalue weighted by Gasteiger charge is 2.26. The van der Waals surface area contributed by atoms with Crippen molar-refractivity contribution < 1.29 is 9.72 Å². The summed E-state index contributed by atoms with van der Waals surface area (Å²) >= 11 is 0. The second-order valence-electron chi connectivity index (χ2n) is 6.21. The predicted molar refractivity (Wildman–Crippen MR) is 114 cm³/mol. The highest BCUT2D eigenvalue weighted by Crippen LogP contribution is 2.29. The number of amides is 1. The molecule has 0 radical (unpaired) electrons. The molecule has 0 bridgehead atoms. The molecule has 152 valence electrons. The summed E-state index contributed by atoms with van der Waals surface area (Å²) < 4.78 is 0. The zero-order valence-corrected chi connectivity index (χ0v) is 16.0. The zero-order valence-electron chi connectivity index (χ0n) is 16.0. The van der Waals surface area contributed by atoms with Gasteiger partial charge in [-0.25, -0.2) is 9.97 Å². The van der Waals surface area contributed by atoms with Crippen molar-refractivity contribution in [1.82, 2.24) is 15.4 Å².